The van der Waals surface area contributed by atoms with Crippen molar-refractivity contribution in [3.63, 3.8) is 0 Å². The zero-order valence-corrected chi connectivity index (χ0v) is 13.4. The van der Waals surface area contributed by atoms with Crippen LogP contribution in [0.4, 0.5) is 0 Å². The third kappa shape index (κ3) is 2.56. The number of ether oxygens (including phenoxy) is 3. The second kappa shape index (κ2) is 5.58. The summed E-state index contributed by atoms with van der Waals surface area (Å²) in [6.07, 6.45) is -0.987. The molecule has 0 aromatic carbocycles. The molecule has 7 nitrogen and oxygen atoms in total. The summed E-state index contributed by atoms with van der Waals surface area (Å²) in [6, 6.07) is 0. The Morgan fingerprint density at radius 2 is 2.13 bits per heavy atom. The van der Waals surface area contributed by atoms with Crippen molar-refractivity contribution in [2.45, 2.75) is 56.7 Å². The van der Waals surface area contributed by atoms with E-state index in [1.807, 2.05) is 6.92 Å². The molecule has 0 saturated carbocycles. The molecule has 2 N–H and O–H groups in total. The molecule has 3 aliphatic rings. The van der Waals surface area contributed by atoms with Crippen LogP contribution in [-0.4, -0.2) is 59.3 Å². The average molecular weight is 326 g/mol. The second-order valence-electron chi connectivity index (χ2n) is 6.74. The third-order valence-electron chi connectivity index (χ3n) is 5.28. The average Bonchev–Trinajstić information content (AvgIpc) is 3.10. The number of esters is 2. The van der Waals surface area contributed by atoms with Gasteiger partial charge in [0.25, 0.3) is 0 Å². The summed E-state index contributed by atoms with van der Waals surface area (Å²) in [5.74, 6) is -2.34. The molecule has 0 spiro atoms. The molecule has 7 heteroatoms. The van der Waals surface area contributed by atoms with E-state index in [4.69, 9.17) is 14.2 Å². The Morgan fingerprint density at radius 1 is 1.43 bits per heavy atom. The SMILES string of the molecule is COC(=O)/C1=C/CC[C@@]2(C)O[C@H]2[C@H]2OC(=O)[C@@H](C)[C@H]2[C@@H](O)[C@H]1O. The van der Waals surface area contributed by atoms with Crippen LogP contribution in [0, 0.1) is 11.8 Å². The maximum atomic E-state index is 12.0. The number of carbonyl (C=O) groups is 2. The lowest BCUT2D eigenvalue weighted by Crippen LogP contribution is -2.45. The zero-order chi connectivity index (χ0) is 16.9. The maximum absolute atomic E-state index is 12.0. The van der Waals surface area contributed by atoms with E-state index in [2.05, 4.69) is 0 Å². The molecular formula is C16H22O7. The summed E-state index contributed by atoms with van der Waals surface area (Å²) in [6.45, 7) is 3.57. The molecular weight excluding hydrogens is 304 g/mol. The molecule has 128 valence electrons. The van der Waals surface area contributed by atoms with Gasteiger partial charge in [0, 0.05) is 5.92 Å². The first kappa shape index (κ1) is 16.4. The molecule has 0 bridgehead atoms. The van der Waals surface area contributed by atoms with Gasteiger partial charge in [-0.2, -0.15) is 0 Å². The number of aliphatic hydroxyl groups is 2. The van der Waals surface area contributed by atoms with Crippen molar-refractivity contribution < 1.29 is 34.0 Å². The van der Waals surface area contributed by atoms with Gasteiger partial charge >= 0.3 is 11.9 Å². The van der Waals surface area contributed by atoms with E-state index in [1.54, 1.807) is 13.0 Å². The first-order valence-corrected chi connectivity index (χ1v) is 7.83. The molecule has 0 amide bonds. The van der Waals surface area contributed by atoms with Crippen LogP contribution in [0.25, 0.3) is 0 Å². The van der Waals surface area contributed by atoms with Crippen molar-refractivity contribution in [3.05, 3.63) is 11.6 Å². The lowest BCUT2D eigenvalue weighted by molar-refractivity contribution is -0.145. The number of hydrogen-bond donors (Lipinski definition) is 2. The van der Waals surface area contributed by atoms with Gasteiger partial charge in [0.1, 0.15) is 18.3 Å². The Labute approximate surface area is 134 Å². The summed E-state index contributed by atoms with van der Waals surface area (Å²) in [5.41, 5.74) is -0.444. The van der Waals surface area contributed by atoms with Crippen molar-refractivity contribution in [1.29, 1.82) is 0 Å². The molecule has 3 rings (SSSR count). The zero-order valence-electron chi connectivity index (χ0n) is 13.4. The van der Waals surface area contributed by atoms with E-state index in [0.29, 0.717) is 12.8 Å². The van der Waals surface area contributed by atoms with Gasteiger partial charge in [-0.15, -0.1) is 0 Å². The first-order chi connectivity index (χ1) is 10.8. The van der Waals surface area contributed by atoms with Gasteiger partial charge in [-0.25, -0.2) is 4.79 Å². The Morgan fingerprint density at radius 3 is 2.78 bits per heavy atom. The quantitative estimate of drug-likeness (QED) is 0.513. The van der Waals surface area contributed by atoms with E-state index >= 15 is 0 Å². The number of allylic oxidation sites excluding steroid dienone is 1. The van der Waals surface area contributed by atoms with E-state index in [-0.39, 0.29) is 11.7 Å². The van der Waals surface area contributed by atoms with Crippen LogP contribution >= 0.6 is 0 Å². The number of carbonyl (C=O) groups excluding carboxylic acids is 2. The smallest absolute Gasteiger partial charge is 0.336 e. The maximum Gasteiger partial charge on any atom is 0.336 e. The van der Waals surface area contributed by atoms with Gasteiger partial charge in [0.2, 0.25) is 0 Å². The van der Waals surface area contributed by atoms with E-state index < -0.39 is 47.7 Å². The Balaban J connectivity index is 1.98. The molecule has 0 aromatic heterocycles. The standard InChI is InChI=1S/C16H22O7/c1-7-9-11(18)10(17)8(15(20)21-3)5-4-6-16(2)13(23-16)12(9)22-14(7)19/h5,7,9-13,17-18H,4,6H2,1-3H3/b8-5+/t7-,9-,10-,11+,12-,13-,16+/m0/s1. The monoisotopic (exact) mass is 326 g/mol. The fraction of sp³-hybridized carbons (Fsp3) is 0.750. The number of rotatable bonds is 1. The number of fused-ring (bicyclic) bond motifs is 3. The number of epoxide rings is 1. The highest BCUT2D eigenvalue weighted by molar-refractivity contribution is 5.89. The fourth-order valence-corrected chi connectivity index (χ4v) is 3.74. The van der Waals surface area contributed by atoms with Crippen molar-refractivity contribution >= 4 is 11.9 Å². The molecule has 2 aliphatic heterocycles. The summed E-state index contributed by atoms with van der Waals surface area (Å²) >= 11 is 0. The lowest BCUT2D eigenvalue weighted by atomic mass is 9.78. The van der Waals surface area contributed by atoms with Gasteiger partial charge < -0.3 is 24.4 Å². The number of aliphatic hydroxyl groups excluding tert-OH is 2. The van der Waals surface area contributed by atoms with Crippen LogP contribution in [-0.2, 0) is 23.8 Å². The third-order valence-corrected chi connectivity index (χ3v) is 5.28. The minimum absolute atomic E-state index is 0.00741. The van der Waals surface area contributed by atoms with Crippen molar-refractivity contribution in [1.82, 2.24) is 0 Å². The van der Waals surface area contributed by atoms with E-state index in [9.17, 15) is 19.8 Å². The van der Waals surface area contributed by atoms with Crippen molar-refractivity contribution in [2.24, 2.45) is 11.8 Å². The predicted octanol–water partition coefficient (Wildman–Crippen LogP) is -0.0634. The van der Waals surface area contributed by atoms with Crippen LogP contribution in [0.1, 0.15) is 26.7 Å². The van der Waals surface area contributed by atoms with Crippen LogP contribution in [0.3, 0.4) is 0 Å². The summed E-state index contributed by atoms with van der Waals surface area (Å²) < 4.78 is 15.8. The molecule has 0 unspecified atom stereocenters. The number of methoxy groups -OCH3 is 1. The van der Waals surface area contributed by atoms with Crippen LogP contribution < -0.4 is 0 Å². The fourth-order valence-electron chi connectivity index (χ4n) is 3.74. The number of hydrogen-bond acceptors (Lipinski definition) is 7. The molecule has 2 heterocycles. The molecule has 23 heavy (non-hydrogen) atoms. The topological polar surface area (TPSA) is 106 Å². The van der Waals surface area contributed by atoms with Gasteiger partial charge in [0.15, 0.2) is 0 Å². The van der Waals surface area contributed by atoms with Crippen LogP contribution in [0.5, 0.6) is 0 Å². The minimum atomic E-state index is -1.44. The lowest BCUT2D eigenvalue weighted by Gasteiger charge is -2.29. The summed E-state index contributed by atoms with van der Waals surface area (Å²) in [5, 5.41) is 21.1. The van der Waals surface area contributed by atoms with Gasteiger partial charge in [-0.1, -0.05) is 13.0 Å². The van der Waals surface area contributed by atoms with Gasteiger partial charge in [-0.3, -0.25) is 4.79 Å². The normalized spacial score (nSPS) is 48.4. The molecule has 1 aliphatic carbocycles. The summed E-state index contributed by atoms with van der Waals surface area (Å²) in [4.78, 5) is 23.9. The Kier molecular flexibility index (Phi) is 3.98. The molecule has 2 saturated heterocycles. The second-order valence-corrected chi connectivity index (χ2v) is 6.74. The van der Waals surface area contributed by atoms with Gasteiger partial charge in [-0.05, 0) is 19.8 Å². The molecule has 7 atom stereocenters. The Hall–Kier alpha value is -1.44. The van der Waals surface area contributed by atoms with Crippen LogP contribution in [0.2, 0.25) is 0 Å². The van der Waals surface area contributed by atoms with Crippen molar-refractivity contribution in [3.8, 4) is 0 Å². The Bertz CT molecular complexity index is 557. The predicted molar refractivity (Wildman–Crippen MR) is 77.2 cm³/mol. The highest BCUT2D eigenvalue weighted by Gasteiger charge is 2.64. The summed E-state index contributed by atoms with van der Waals surface area (Å²) in [7, 11) is 1.22. The highest BCUT2D eigenvalue weighted by Crippen LogP contribution is 2.50. The highest BCUT2D eigenvalue weighted by atomic mass is 16.6. The van der Waals surface area contributed by atoms with Crippen LogP contribution in [0.15, 0.2) is 11.6 Å². The molecule has 0 radical (unpaired) electrons. The first-order valence-electron chi connectivity index (χ1n) is 7.83. The van der Waals surface area contributed by atoms with E-state index in [0.717, 1.165) is 0 Å². The van der Waals surface area contributed by atoms with Gasteiger partial charge in [0.05, 0.1) is 30.3 Å². The largest absolute Gasteiger partial charge is 0.466 e. The molecule has 0 aromatic rings. The molecule has 2 fully saturated rings. The minimum Gasteiger partial charge on any atom is -0.466 e. The van der Waals surface area contributed by atoms with Crippen molar-refractivity contribution in [2.75, 3.05) is 7.11 Å². The van der Waals surface area contributed by atoms with E-state index in [1.165, 1.54) is 7.11 Å².